The van der Waals surface area contributed by atoms with Crippen LogP contribution in [0.1, 0.15) is 40.2 Å². The molecule has 1 atom stereocenters. The van der Waals surface area contributed by atoms with E-state index in [9.17, 15) is 4.79 Å². The van der Waals surface area contributed by atoms with Crippen LogP contribution in [0, 0.1) is 0 Å². The summed E-state index contributed by atoms with van der Waals surface area (Å²) in [6.07, 6.45) is 2.25. The highest BCUT2D eigenvalue weighted by atomic mass is 16.5. The summed E-state index contributed by atoms with van der Waals surface area (Å²) in [5.41, 5.74) is 2.66. The molecule has 0 saturated carbocycles. The van der Waals surface area contributed by atoms with Crippen LogP contribution in [0.25, 0.3) is 0 Å². The van der Waals surface area contributed by atoms with Crippen LogP contribution in [0.15, 0.2) is 42.5 Å². The van der Waals surface area contributed by atoms with Crippen molar-refractivity contribution in [1.29, 1.82) is 0 Å². The number of nitrogens with zero attached hydrogens (tertiary/aromatic N) is 1. The summed E-state index contributed by atoms with van der Waals surface area (Å²) in [5.74, 6) is 1.08. The van der Waals surface area contributed by atoms with Crippen molar-refractivity contribution >= 4 is 5.97 Å². The number of ether oxygens (including phenoxy) is 2. The highest BCUT2D eigenvalue weighted by molar-refractivity contribution is 5.87. The molecule has 1 saturated heterocycles. The molecule has 26 heavy (non-hydrogen) atoms. The van der Waals surface area contributed by atoms with Crippen LogP contribution in [0.4, 0.5) is 0 Å². The van der Waals surface area contributed by atoms with Gasteiger partial charge in [0.2, 0.25) is 0 Å². The fraction of sp³-hybridized carbons (Fsp3) is 0.381. The van der Waals surface area contributed by atoms with Crippen molar-refractivity contribution in [2.75, 3.05) is 27.3 Å². The number of likely N-dealkylation sites (tertiary alicyclic amines) is 1. The lowest BCUT2D eigenvalue weighted by Crippen LogP contribution is -2.34. The molecule has 3 rings (SSSR count). The molecule has 0 bridgehead atoms. The summed E-state index contributed by atoms with van der Waals surface area (Å²) in [5, 5.41) is 9.05. The van der Waals surface area contributed by atoms with Crippen molar-refractivity contribution in [2.24, 2.45) is 0 Å². The number of aromatic carboxylic acids is 1. The lowest BCUT2D eigenvalue weighted by molar-refractivity contribution is 0.0697. The van der Waals surface area contributed by atoms with E-state index >= 15 is 0 Å². The molecule has 5 nitrogen and oxygen atoms in total. The van der Waals surface area contributed by atoms with E-state index in [2.05, 4.69) is 11.0 Å². The first kappa shape index (κ1) is 18.3. The van der Waals surface area contributed by atoms with Crippen LogP contribution < -0.4 is 9.47 Å². The first-order valence-corrected chi connectivity index (χ1v) is 8.88. The SMILES string of the molecule is COc1cccc(CN2CCC[C@H](c3ccc(C(=O)O)cc3)C2)c1OC. The molecule has 1 aliphatic heterocycles. The Labute approximate surface area is 154 Å². The topological polar surface area (TPSA) is 59.0 Å². The Morgan fingerprint density at radius 3 is 2.58 bits per heavy atom. The van der Waals surface area contributed by atoms with Gasteiger partial charge in [0.05, 0.1) is 19.8 Å². The van der Waals surface area contributed by atoms with Crippen molar-refractivity contribution in [3.8, 4) is 11.5 Å². The molecule has 2 aromatic carbocycles. The maximum absolute atomic E-state index is 11.0. The highest BCUT2D eigenvalue weighted by Gasteiger charge is 2.23. The number of benzene rings is 2. The Hall–Kier alpha value is -2.53. The zero-order valence-corrected chi connectivity index (χ0v) is 15.3. The van der Waals surface area contributed by atoms with Gasteiger partial charge in [0.15, 0.2) is 11.5 Å². The molecule has 1 aliphatic rings. The first-order chi connectivity index (χ1) is 12.6. The van der Waals surface area contributed by atoms with Crippen molar-refractivity contribution in [1.82, 2.24) is 4.90 Å². The summed E-state index contributed by atoms with van der Waals surface area (Å²) in [6, 6.07) is 13.3. The average molecular weight is 355 g/mol. The van der Waals surface area contributed by atoms with Crippen LogP contribution in [-0.4, -0.2) is 43.3 Å². The van der Waals surface area contributed by atoms with E-state index in [1.807, 2.05) is 24.3 Å². The van der Waals surface area contributed by atoms with Gasteiger partial charge in [0, 0.05) is 18.7 Å². The number of rotatable bonds is 6. The molecule has 0 aliphatic carbocycles. The summed E-state index contributed by atoms with van der Waals surface area (Å²) < 4.78 is 10.9. The molecule has 2 aromatic rings. The summed E-state index contributed by atoms with van der Waals surface area (Å²) in [4.78, 5) is 13.5. The van der Waals surface area contributed by atoms with Gasteiger partial charge in [-0.05, 0) is 49.1 Å². The fourth-order valence-electron chi connectivity index (χ4n) is 3.69. The standard InChI is InChI=1S/C21H25NO4/c1-25-19-7-3-5-18(20(19)26-2)14-22-12-4-6-17(13-22)15-8-10-16(11-9-15)21(23)24/h3,5,7-11,17H,4,6,12-14H2,1-2H3,(H,23,24)/t17-/m0/s1. The van der Waals surface area contributed by atoms with E-state index < -0.39 is 5.97 Å². The van der Waals surface area contributed by atoms with Gasteiger partial charge in [-0.2, -0.15) is 0 Å². The summed E-state index contributed by atoms with van der Waals surface area (Å²) >= 11 is 0. The average Bonchev–Trinajstić information content (AvgIpc) is 2.68. The van der Waals surface area contributed by atoms with E-state index in [1.54, 1.807) is 26.4 Å². The minimum atomic E-state index is -0.882. The van der Waals surface area contributed by atoms with Crippen LogP contribution in [-0.2, 0) is 6.54 Å². The number of carbonyl (C=O) groups is 1. The van der Waals surface area contributed by atoms with Gasteiger partial charge in [-0.15, -0.1) is 0 Å². The largest absolute Gasteiger partial charge is 0.493 e. The van der Waals surface area contributed by atoms with E-state index in [0.717, 1.165) is 49.5 Å². The van der Waals surface area contributed by atoms with Gasteiger partial charge < -0.3 is 14.6 Å². The van der Waals surface area contributed by atoms with E-state index in [1.165, 1.54) is 5.56 Å². The Morgan fingerprint density at radius 2 is 1.92 bits per heavy atom. The van der Waals surface area contributed by atoms with Crippen molar-refractivity contribution in [3.63, 3.8) is 0 Å². The number of hydrogen-bond donors (Lipinski definition) is 1. The van der Waals surface area contributed by atoms with Gasteiger partial charge in [-0.25, -0.2) is 4.79 Å². The monoisotopic (exact) mass is 355 g/mol. The molecule has 0 amide bonds. The summed E-state index contributed by atoms with van der Waals surface area (Å²) in [6.45, 7) is 2.81. The third kappa shape index (κ3) is 3.99. The maximum atomic E-state index is 11.0. The molecule has 0 unspecified atom stereocenters. The van der Waals surface area contributed by atoms with E-state index in [4.69, 9.17) is 14.6 Å². The van der Waals surface area contributed by atoms with E-state index in [-0.39, 0.29) is 0 Å². The second kappa shape index (κ2) is 8.23. The molecule has 5 heteroatoms. The number of carboxylic acid groups (broad SMARTS) is 1. The fourth-order valence-corrected chi connectivity index (χ4v) is 3.69. The number of methoxy groups -OCH3 is 2. The maximum Gasteiger partial charge on any atom is 0.335 e. The molecule has 1 heterocycles. The zero-order chi connectivity index (χ0) is 18.5. The highest BCUT2D eigenvalue weighted by Crippen LogP contribution is 2.33. The molecular formula is C21H25NO4. The number of piperidine rings is 1. The van der Waals surface area contributed by atoms with Gasteiger partial charge in [0.25, 0.3) is 0 Å². The van der Waals surface area contributed by atoms with Gasteiger partial charge in [-0.1, -0.05) is 24.3 Å². The second-order valence-electron chi connectivity index (χ2n) is 6.65. The lowest BCUT2D eigenvalue weighted by Gasteiger charge is -2.33. The molecule has 138 valence electrons. The third-order valence-corrected chi connectivity index (χ3v) is 5.01. The van der Waals surface area contributed by atoms with Gasteiger partial charge in [0.1, 0.15) is 0 Å². The zero-order valence-electron chi connectivity index (χ0n) is 15.3. The van der Waals surface area contributed by atoms with Crippen molar-refractivity contribution < 1.29 is 19.4 Å². The minimum Gasteiger partial charge on any atom is -0.493 e. The molecule has 1 N–H and O–H groups in total. The minimum absolute atomic E-state index is 0.336. The van der Waals surface area contributed by atoms with Crippen LogP contribution in [0.3, 0.4) is 0 Å². The molecule has 0 spiro atoms. The molecule has 0 aromatic heterocycles. The van der Waals surface area contributed by atoms with Gasteiger partial charge >= 0.3 is 5.97 Å². The quantitative estimate of drug-likeness (QED) is 0.854. The normalized spacial score (nSPS) is 17.7. The second-order valence-corrected chi connectivity index (χ2v) is 6.65. The number of hydrogen-bond acceptors (Lipinski definition) is 4. The number of para-hydroxylation sites is 1. The Kier molecular flexibility index (Phi) is 5.78. The predicted octanol–water partition coefficient (Wildman–Crippen LogP) is 3.78. The number of carboxylic acids is 1. The molecule has 0 radical (unpaired) electrons. The van der Waals surface area contributed by atoms with Crippen LogP contribution in [0.2, 0.25) is 0 Å². The van der Waals surface area contributed by atoms with Crippen molar-refractivity contribution in [2.45, 2.75) is 25.3 Å². The first-order valence-electron chi connectivity index (χ1n) is 8.88. The summed E-state index contributed by atoms with van der Waals surface area (Å²) in [7, 11) is 3.32. The van der Waals surface area contributed by atoms with Crippen LogP contribution >= 0.6 is 0 Å². The molecule has 1 fully saturated rings. The van der Waals surface area contributed by atoms with Crippen molar-refractivity contribution in [3.05, 3.63) is 59.2 Å². The lowest BCUT2D eigenvalue weighted by atomic mass is 9.90. The smallest absolute Gasteiger partial charge is 0.335 e. The Balaban J connectivity index is 1.72. The third-order valence-electron chi connectivity index (χ3n) is 5.01. The Bertz CT molecular complexity index is 757. The van der Waals surface area contributed by atoms with E-state index in [0.29, 0.717) is 11.5 Å². The Morgan fingerprint density at radius 1 is 1.15 bits per heavy atom. The van der Waals surface area contributed by atoms with Gasteiger partial charge in [-0.3, -0.25) is 4.90 Å². The predicted molar refractivity (Wildman–Crippen MR) is 100 cm³/mol. The van der Waals surface area contributed by atoms with Crippen LogP contribution in [0.5, 0.6) is 11.5 Å². The molecular weight excluding hydrogens is 330 g/mol.